The molecule has 21 heteroatoms. The van der Waals surface area contributed by atoms with Crippen molar-refractivity contribution in [3.05, 3.63) is 40.8 Å². The van der Waals surface area contributed by atoms with Crippen LogP contribution in [0.1, 0.15) is 13.2 Å². The molecule has 208 valence electrons. The minimum absolute atomic E-state index is 0.228. The van der Waals surface area contributed by atoms with E-state index >= 15 is 0 Å². The molecule has 1 aliphatic rings. The van der Waals surface area contributed by atoms with Crippen molar-refractivity contribution in [2.45, 2.75) is 36.4 Å². The van der Waals surface area contributed by atoms with Crippen LogP contribution in [0.2, 0.25) is 0 Å². The molecule has 1 aromatic heterocycles. The molecule has 1 saturated heterocycles. The normalized spacial score (nSPS) is 21.9. The molecule has 1 aliphatic heterocycles. The zero-order valence-electron chi connectivity index (χ0n) is 18.4. The summed E-state index contributed by atoms with van der Waals surface area (Å²) in [6.45, 7) is 1.67. The summed E-state index contributed by atoms with van der Waals surface area (Å²) in [4.78, 5) is 78.3. The third-order valence-electron chi connectivity index (χ3n) is 3.89. The van der Waals surface area contributed by atoms with Gasteiger partial charge in [0.15, 0.2) is 6.23 Å². The van der Waals surface area contributed by atoms with Gasteiger partial charge in [-0.25, -0.2) is 13.7 Å². The SMILES string of the molecule is CSc1ccc2ccn(C3OC(C)C(O)C3O)c(=O)c2c1.O=P(O)(O)O.O=P(O)(O)O.O=P(O)(O)O. The average Bonchev–Trinajstić information content (AvgIpc) is 2.91. The fraction of sp³-hybridized carbons (Fsp3) is 0.400. The third-order valence-corrected chi connectivity index (χ3v) is 4.62. The van der Waals surface area contributed by atoms with Crippen LogP contribution in [0.15, 0.2) is 40.2 Å². The van der Waals surface area contributed by atoms with Crippen LogP contribution >= 0.6 is 35.2 Å². The molecule has 0 radical (unpaired) electrons. The number of rotatable bonds is 2. The maximum atomic E-state index is 12.6. The second-order valence-corrected chi connectivity index (χ2v) is 10.7. The maximum absolute atomic E-state index is 12.6. The summed E-state index contributed by atoms with van der Waals surface area (Å²) in [5.74, 6) is 0. The molecule has 1 aromatic carbocycles. The van der Waals surface area contributed by atoms with Gasteiger partial charge in [-0.1, -0.05) is 6.07 Å². The predicted molar refractivity (Wildman–Crippen MR) is 124 cm³/mol. The number of thioether (sulfide) groups is 1. The minimum atomic E-state index is -4.64. The Hall–Kier alpha value is -1.01. The van der Waals surface area contributed by atoms with Gasteiger partial charge >= 0.3 is 23.5 Å². The number of benzene rings is 1. The molecule has 2 heterocycles. The number of aromatic nitrogens is 1. The summed E-state index contributed by atoms with van der Waals surface area (Å²) in [5.41, 5.74) is -0.228. The van der Waals surface area contributed by atoms with E-state index in [1.165, 1.54) is 4.57 Å². The van der Waals surface area contributed by atoms with Gasteiger partial charge in [0.25, 0.3) is 5.56 Å². The van der Waals surface area contributed by atoms with Crippen LogP contribution in [-0.4, -0.2) is 83.4 Å². The van der Waals surface area contributed by atoms with Gasteiger partial charge in [-0.3, -0.25) is 9.36 Å². The second kappa shape index (κ2) is 14.2. The molecule has 2 aromatic rings. The van der Waals surface area contributed by atoms with Crippen molar-refractivity contribution in [1.29, 1.82) is 0 Å². The molecule has 0 amide bonds. The van der Waals surface area contributed by atoms with Crippen LogP contribution in [0.3, 0.4) is 0 Å². The van der Waals surface area contributed by atoms with Gasteiger partial charge in [-0.05, 0) is 36.8 Å². The molecular weight excluding hydrogens is 575 g/mol. The molecule has 3 rings (SSSR count). The number of aliphatic hydroxyl groups excluding tert-OH is 2. The van der Waals surface area contributed by atoms with Gasteiger partial charge in [-0.15, -0.1) is 11.8 Å². The molecule has 0 bridgehead atoms. The van der Waals surface area contributed by atoms with Gasteiger partial charge in [0, 0.05) is 16.5 Å². The van der Waals surface area contributed by atoms with E-state index in [0.29, 0.717) is 5.39 Å². The van der Waals surface area contributed by atoms with Crippen molar-refractivity contribution in [2.75, 3.05) is 6.26 Å². The first-order valence-electron chi connectivity index (χ1n) is 9.08. The lowest BCUT2D eigenvalue weighted by Gasteiger charge is -2.18. The van der Waals surface area contributed by atoms with Crippen LogP contribution < -0.4 is 5.56 Å². The smallest absolute Gasteiger partial charge is 0.388 e. The lowest BCUT2D eigenvalue weighted by atomic mass is 10.1. The topological polar surface area (TPSA) is 305 Å². The van der Waals surface area contributed by atoms with E-state index in [1.807, 2.05) is 30.5 Å². The molecule has 4 unspecified atom stereocenters. The quantitative estimate of drug-likeness (QED) is 0.139. The summed E-state index contributed by atoms with van der Waals surface area (Å²) < 4.78 is 33.5. The number of pyridine rings is 1. The van der Waals surface area contributed by atoms with Gasteiger partial charge in [-0.2, -0.15) is 0 Å². The Bertz CT molecular complexity index is 1120. The summed E-state index contributed by atoms with van der Waals surface area (Å²) in [7, 11) is -13.9. The Morgan fingerprint density at radius 1 is 0.833 bits per heavy atom. The first-order valence-corrected chi connectivity index (χ1v) is 15.0. The number of ether oxygens (including phenoxy) is 1. The lowest BCUT2D eigenvalue weighted by Crippen LogP contribution is -2.34. The fourth-order valence-electron chi connectivity index (χ4n) is 2.62. The van der Waals surface area contributed by atoms with Gasteiger partial charge in [0.05, 0.1) is 6.10 Å². The highest BCUT2D eigenvalue weighted by Crippen LogP contribution is 2.29. The molecule has 0 saturated carbocycles. The number of aliphatic hydroxyl groups is 2. The van der Waals surface area contributed by atoms with Crippen LogP contribution in [0.5, 0.6) is 0 Å². The molecule has 1 fully saturated rings. The molecule has 0 aliphatic carbocycles. The Morgan fingerprint density at radius 2 is 1.28 bits per heavy atom. The monoisotopic (exact) mass is 601 g/mol. The summed E-state index contributed by atoms with van der Waals surface area (Å²) in [6, 6.07) is 7.51. The summed E-state index contributed by atoms with van der Waals surface area (Å²) in [5, 5.41) is 21.3. The van der Waals surface area contributed by atoms with Gasteiger partial charge < -0.3 is 59.0 Å². The number of hydrogen-bond acceptors (Lipinski definition) is 8. The van der Waals surface area contributed by atoms with Crippen molar-refractivity contribution < 1.29 is 72.7 Å². The van der Waals surface area contributed by atoms with Gasteiger partial charge in [0.1, 0.15) is 12.2 Å². The van der Waals surface area contributed by atoms with Gasteiger partial charge in [0.2, 0.25) is 0 Å². The average molecular weight is 601 g/mol. The fourth-order valence-corrected chi connectivity index (χ4v) is 3.06. The molecule has 0 spiro atoms. The Balaban J connectivity index is 0.000000672. The molecule has 17 nitrogen and oxygen atoms in total. The number of hydrogen-bond donors (Lipinski definition) is 11. The Kier molecular flexibility index (Phi) is 13.8. The highest BCUT2D eigenvalue weighted by Gasteiger charge is 2.41. The zero-order valence-corrected chi connectivity index (χ0v) is 21.9. The minimum Gasteiger partial charge on any atom is -0.388 e. The molecule has 4 atom stereocenters. The number of nitrogens with zero attached hydrogens (tertiary/aromatic N) is 1. The van der Waals surface area contributed by atoms with Crippen LogP contribution in [0.25, 0.3) is 10.8 Å². The highest BCUT2D eigenvalue weighted by molar-refractivity contribution is 7.98. The second-order valence-electron chi connectivity index (χ2n) is 6.73. The first kappa shape index (κ1) is 35.0. The van der Waals surface area contributed by atoms with Crippen molar-refractivity contribution in [1.82, 2.24) is 4.57 Å². The van der Waals surface area contributed by atoms with E-state index in [1.54, 1.807) is 24.9 Å². The first-order chi connectivity index (χ1) is 16.0. The molecule has 36 heavy (non-hydrogen) atoms. The van der Waals surface area contributed by atoms with Crippen molar-refractivity contribution in [3.63, 3.8) is 0 Å². The van der Waals surface area contributed by atoms with Crippen LogP contribution in [0, 0.1) is 0 Å². The van der Waals surface area contributed by atoms with Crippen molar-refractivity contribution in [3.8, 4) is 0 Å². The molecular formula is C15H26NO16P3S. The molecule has 11 N–H and O–H groups in total. The number of fused-ring (bicyclic) bond motifs is 1. The highest BCUT2D eigenvalue weighted by atomic mass is 32.2. The van der Waals surface area contributed by atoms with E-state index in [9.17, 15) is 15.0 Å². The summed E-state index contributed by atoms with van der Waals surface area (Å²) >= 11 is 1.56. The van der Waals surface area contributed by atoms with E-state index in [2.05, 4.69) is 0 Å². The Labute approximate surface area is 207 Å². The van der Waals surface area contributed by atoms with E-state index in [0.717, 1.165) is 10.3 Å². The predicted octanol–water partition coefficient (Wildman–Crippen LogP) is -1.42. The van der Waals surface area contributed by atoms with Crippen LogP contribution in [-0.2, 0) is 18.4 Å². The van der Waals surface area contributed by atoms with Crippen molar-refractivity contribution in [2.24, 2.45) is 0 Å². The Morgan fingerprint density at radius 3 is 1.64 bits per heavy atom. The third kappa shape index (κ3) is 15.3. The summed E-state index contributed by atoms with van der Waals surface area (Å²) in [6.07, 6.45) is 0.0797. The largest absolute Gasteiger partial charge is 0.466 e. The van der Waals surface area contributed by atoms with E-state index in [-0.39, 0.29) is 5.56 Å². The van der Waals surface area contributed by atoms with E-state index < -0.39 is 48.0 Å². The lowest BCUT2D eigenvalue weighted by molar-refractivity contribution is -0.0339. The zero-order chi connectivity index (χ0) is 28.6. The van der Waals surface area contributed by atoms with E-state index in [4.69, 9.17) is 62.5 Å². The van der Waals surface area contributed by atoms with Crippen LogP contribution in [0.4, 0.5) is 0 Å². The number of phosphoric acid groups is 3. The van der Waals surface area contributed by atoms with Crippen molar-refractivity contribution >= 4 is 46.0 Å². The maximum Gasteiger partial charge on any atom is 0.466 e. The standard InChI is InChI=1S/C15H17NO4S.3H3O4P/c1-8-12(17)13(18)15(20-8)16-6-5-9-3-4-10(21-2)7-11(9)14(16)19;3*1-5(2,3)4/h3-8,12-13,15,17-18H,1-2H3;3*(H3,1,2,3,4).